The van der Waals surface area contributed by atoms with Crippen LogP contribution in [0.4, 0.5) is 0 Å². The topological polar surface area (TPSA) is 114 Å². The van der Waals surface area contributed by atoms with Crippen molar-refractivity contribution in [2.75, 3.05) is 13.1 Å². The molecule has 11 heteroatoms. The van der Waals surface area contributed by atoms with Crippen LogP contribution in [-0.2, 0) is 16.6 Å². The molecule has 1 atom stereocenters. The van der Waals surface area contributed by atoms with Gasteiger partial charge >= 0.3 is 0 Å². The Bertz CT molecular complexity index is 1500. The number of H-pyrrole nitrogens is 1. The van der Waals surface area contributed by atoms with E-state index in [1.807, 2.05) is 31.2 Å². The van der Waals surface area contributed by atoms with Gasteiger partial charge < -0.3 is 4.98 Å². The molecule has 0 saturated carbocycles. The van der Waals surface area contributed by atoms with Crippen LogP contribution >= 0.6 is 11.6 Å². The van der Waals surface area contributed by atoms with Gasteiger partial charge in [0.2, 0.25) is 10.0 Å². The van der Waals surface area contributed by atoms with Crippen molar-refractivity contribution < 1.29 is 8.42 Å². The summed E-state index contributed by atoms with van der Waals surface area (Å²) < 4.78 is 29.4. The SMILES string of the molecule is Cc1ccc(Cn2nnc3c(=O)[nH]c([C@H]4CCCN(S(=O)(=O)c5ccc(Cl)cc5)C4)nc32)cc1. The van der Waals surface area contributed by atoms with Crippen LogP contribution in [0.15, 0.2) is 58.2 Å². The van der Waals surface area contributed by atoms with E-state index in [-0.39, 0.29) is 28.4 Å². The molecule has 1 N–H and O–H groups in total. The summed E-state index contributed by atoms with van der Waals surface area (Å²) in [7, 11) is -3.69. The third-order valence-electron chi connectivity index (χ3n) is 6.07. The number of aromatic amines is 1. The van der Waals surface area contributed by atoms with Crippen LogP contribution in [0.25, 0.3) is 11.2 Å². The minimum atomic E-state index is -3.69. The molecule has 1 aliphatic heterocycles. The normalized spacial score (nSPS) is 17.3. The van der Waals surface area contributed by atoms with Crippen LogP contribution in [0, 0.1) is 6.92 Å². The smallest absolute Gasteiger partial charge is 0.281 e. The van der Waals surface area contributed by atoms with Crippen molar-refractivity contribution >= 4 is 32.8 Å². The second-order valence-corrected chi connectivity index (χ2v) is 10.9. The number of rotatable bonds is 5. The van der Waals surface area contributed by atoms with Crippen LogP contribution in [0.1, 0.15) is 35.7 Å². The summed E-state index contributed by atoms with van der Waals surface area (Å²) in [5.74, 6) is 0.191. The highest BCUT2D eigenvalue weighted by atomic mass is 35.5. The van der Waals surface area contributed by atoms with Crippen LogP contribution in [-0.4, -0.2) is 50.8 Å². The van der Waals surface area contributed by atoms with Gasteiger partial charge in [0.25, 0.3) is 5.56 Å². The number of sulfonamides is 1. The standard InChI is InChI=1S/C23H23ClN6O3S/c1-15-4-6-16(7-5-15)13-30-22-20(27-28-30)23(31)26-21(25-22)17-3-2-12-29(14-17)34(32,33)19-10-8-18(24)9-11-19/h4-11,17H,2-3,12-14H2,1H3,(H,25,26,31)/t17-/m0/s1. The Morgan fingerprint density at radius 3 is 2.59 bits per heavy atom. The van der Waals surface area contributed by atoms with Gasteiger partial charge in [-0.2, -0.15) is 4.31 Å². The zero-order valence-electron chi connectivity index (χ0n) is 18.5. The average molecular weight is 499 g/mol. The van der Waals surface area contributed by atoms with Gasteiger partial charge in [0.1, 0.15) is 5.82 Å². The number of piperidine rings is 1. The molecule has 3 heterocycles. The molecule has 34 heavy (non-hydrogen) atoms. The fourth-order valence-electron chi connectivity index (χ4n) is 4.19. The van der Waals surface area contributed by atoms with Crippen molar-refractivity contribution in [2.24, 2.45) is 0 Å². The molecule has 0 unspecified atom stereocenters. The van der Waals surface area contributed by atoms with E-state index < -0.39 is 10.0 Å². The number of halogens is 1. The van der Waals surface area contributed by atoms with Crippen LogP contribution < -0.4 is 5.56 Å². The zero-order valence-corrected chi connectivity index (χ0v) is 20.1. The Kier molecular flexibility index (Phi) is 5.97. The van der Waals surface area contributed by atoms with E-state index in [2.05, 4.69) is 20.3 Å². The van der Waals surface area contributed by atoms with Crippen molar-refractivity contribution in [3.05, 3.63) is 80.9 Å². The number of fused-ring (bicyclic) bond motifs is 1. The highest BCUT2D eigenvalue weighted by molar-refractivity contribution is 7.89. The number of hydrogen-bond donors (Lipinski definition) is 1. The van der Waals surface area contributed by atoms with Crippen molar-refractivity contribution in [1.82, 2.24) is 29.3 Å². The lowest BCUT2D eigenvalue weighted by Crippen LogP contribution is -2.39. The van der Waals surface area contributed by atoms with E-state index in [4.69, 9.17) is 11.6 Å². The Morgan fingerprint density at radius 2 is 1.85 bits per heavy atom. The molecular formula is C23H23ClN6O3S. The Balaban J connectivity index is 1.44. The first-order valence-corrected chi connectivity index (χ1v) is 12.8. The maximum atomic E-state index is 13.2. The van der Waals surface area contributed by atoms with Crippen molar-refractivity contribution in [1.29, 1.82) is 0 Å². The Morgan fingerprint density at radius 1 is 1.12 bits per heavy atom. The molecule has 0 radical (unpaired) electrons. The van der Waals surface area contributed by atoms with E-state index in [9.17, 15) is 13.2 Å². The molecule has 1 fully saturated rings. The average Bonchev–Trinajstić information content (AvgIpc) is 3.24. The summed E-state index contributed by atoms with van der Waals surface area (Å²) >= 11 is 5.91. The highest BCUT2D eigenvalue weighted by Gasteiger charge is 2.32. The Hall–Kier alpha value is -3.08. The Labute approximate surface area is 201 Å². The molecule has 2 aromatic heterocycles. The van der Waals surface area contributed by atoms with E-state index >= 15 is 0 Å². The second kappa shape index (κ2) is 8.94. The number of nitrogens with zero attached hydrogens (tertiary/aromatic N) is 5. The van der Waals surface area contributed by atoms with E-state index in [1.165, 1.54) is 16.4 Å². The second-order valence-electron chi connectivity index (χ2n) is 8.51. The van der Waals surface area contributed by atoms with Gasteiger partial charge in [-0.25, -0.2) is 18.1 Å². The molecule has 0 bridgehead atoms. The zero-order chi connectivity index (χ0) is 23.9. The van der Waals surface area contributed by atoms with E-state index in [0.29, 0.717) is 42.4 Å². The predicted octanol–water partition coefficient (Wildman–Crippen LogP) is 3.09. The summed E-state index contributed by atoms with van der Waals surface area (Å²) in [6.07, 6.45) is 1.36. The molecule has 2 aromatic carbocycles. The first kappa shape index (κ1) is 22.7. The van der Waals surface area contributed by atoms with E-state index in [1.54, 1.807) is 16.8 Å². The van der Waals surface area contributed by atoms with Gasteiger partial charge in [-0.1, -0.05) is 46.6 Å². The summed E-state index contributed by atoms with van der Waals surface area (Å²) in [6, 6.07) is 14.1. The van der Waals surface area contributed by atoms with E-state index in [0.717, 1.165) is 11.1 Å². The van der Waals surface area contributed by atoms with Gasteiger partial charge in [-0.05, 0) is 49.6 Å². The largest absolute Gasteiger partial charge is 0.308 e. The lowest BCUT2D eigenvalue weighted by atomic mass is 9.99. The molecule has 176 valence electrons. The predicted molar refractivity (Wildman–Crippen MR) is 128 cm³/mol. The number of aryl methyl sites for hydroxylation is 1. The molecule has 1 aliphatic rings. The molecule has 0 spiro atoms. The lowest BCUT2D eigenvalue weighted by molar-refractivity contribution is 0.309. The molecule has 4 aromatic rings. The number of nitrogens with one attached hydrogen (secondary N) is 1. The minimum absolute atomic E-state index is 0.164. The molecule has 5 rings (SSSR count). The first-order chi connectivity index (χ1) is 16.3. The van der Waals surface area contributed by atoms with Crippen molar-refractivity contribution in [2.45, 2.75) is 37.1 Å². The quantitative estimate of drug-likeness (QED) is 0.452. The van der Waals surface area contributed by atoms with Gasteiger partial charge in [0.15, 0.2) is 11.2 Å². The summed E-state index contributed by atoms with van der Waals surface area (Å²) in [6.45, 7) is 3.07. The fraction of sp³-hybridized carbons (Fsp3) is 0.304. The van der Waals surface area contributed by atoms with Gasteiger partial charge in [0.05, 0.1) is 11.4 Å². The third-order valence-corrected chi connectivity index (χ3v) is 8.20. The van der Waals surface area contributed by atoms with Crippen molar-refractivity contribution in [3.63, 3.8) is 0 Å². The molecule has 0 aliphatic carbocycles. The monoisotopic (exact) mass is 498 g/mol. The minimum Gasteiger partial charge on any atom is -0.308 e. The van der Waals surface area contributed by atoms with Gasteiger partial charge in [-0.15, -0.1) is 5.10 Å². The van der Waals surface area contributed by atoms with Gasteiger partial charge in [0, 0.05) is 24.0 Å². The number of hydrogen-bond acceptors (Lipinski definition) is 6. The molecule has 9 nitrogen and oxygen atoms in total. The maximum Gasteiger partial charge on any atom is 0.281 e. The first-order valence-electron chi connectivity index (χ1n) is 11.0. The summed E-state index contributed by atoms with van der Waals surface area (Å²) in [5.41, 5.74) is 2.33. The van der Waals surface area contributed by atoms with Crippen LogP contribution in [0.2, 0.25) is 5.02 Å². The molecular weight excluding hydrogens is 476 g/mol. The lowest BCUT2D eigenvalue weighted by Gasteiger charge is -2.31. The number of benzene rings is 2. The third kappa shape index (κ3) is 4.36. The molecule has 0 amide bonds. The maximum absolute atomic E-state index is 13.2. The molecule has 1 saturated heterocycles. The summed E-state index contributed by atoms with van der Waals surface area (Å²) in [5, 5.41) is 8.61. The van der Waals surface area contributed by atoms with Crippen LogP contribution in [0.3, 0.4) is 0 Å². The number of aromatic nitrogens is 5. The van der Waals surface area contributed by atoms with Crippen LogP contribution in [0.5, 0.6) is 0 Å². The highest BCUT2D eigenvalue weighted by Crippen LogP contribution is 2.29. The fourth-order valence-corrected chi connectivity index (χ4v) is 5.84. The van der Waals surface area contributed by atoms with Crippen molar-refractivity contribution in [3.8, 4) is 0 Å². The summed E-state index contributed by atoms with van der Waals surface area (Å²) in [4.78, 5) is 20.4. The van der Waals surface area contributed by atoms with Gasteiger partial charge in [-0.3, -0.25) is 4.79 Å².